The number of fused-ring (bicyclic) bond motifs is 1. The summed E-state index contributed by atoms with van der Waals surface area (Å²) in [7, 11) is 0. The summed E-state index contributed by atoms with van der Waals surface area (Å²) < 4.78 is 0. The highest BCUT2D eigenvalue weighted by Gasteiger charge is 2.22. The molecule has 0 saturated heterocycles. The summed E-state index contributed by atoms with van der Waals surface area (Å²) in [5.74, 6) is -0.239. The maximum absolute atomic E-state index is 12.0. The Kier molecular flexibility index (Phi) is 3.58. The molecule has 2 aromatic carbocycles. The van der Waals surface area contributed by atoms with E-state index in [2.05, 4.69) is 15.3 Å². The lowest BCUT2D eigenvalue weighted by molar-refractivity contribution is -0.117. The van der Waals surface area contributed by atoms with Crippen molar-refractivity contribution < 1.29 is 4.79 Å². The summed E-state index contributed by atoms with van der Waals surface area (Å²) in [4.78, 5) is 14.8. The number of rotatable bonds is 2. The first-order valence-corrected chi connectivity index (χ1v) is 6.81. The Balaban J connectivity index is 1.96. The average Bonchev–Trinajstić information content (AvgIpc) is 2.67. The van der Waals surface area contributed by atoms with E-state index >= 15 is 0 Å². The number of hydrogen-bond acceptors (Lipinski definition) is 2. The number of carbonyl (C=O) groups excluding carboxylic acids is 1. The van der Waals surface area contributed by atoms with Gasteiger partial charge >= 0.3 is 0 Å². The average molecular weight is 278 g/mol. The quantitative estimate of drug-likeness (QED) is 0.504. The van der Waals surface area contributed by atoms with E-state index in [-0.39, 0.29) is 5.91 Å². The Morgan fingerprint density at radius 2 is 1.95 bits per heavy atom. The van der Waals surface area contributed by atoms with Crippen LogP contribution in [-0.2, 0) is 11.2 Å². The summed E-state index contributed by atoms with van der Waals surface area (Å²) in [5.41, 5.74) is 12.5. The molecule has 1 heterocycles. The number of benzene rings is 2. The molecule has 5 heteroatoms. The van der Waals surface area contributed by atoms with E-state index in [1.54, 1.807) is 0 Å². The van der Waals surface area contributed by atoms with Gasteiger partial charge in [0.15, 0.2) is 0 Å². The molecule has 0 aromatic heterocycles. The fraction of sp³-hybridized carbons (Fsp3) is 0.188. The highest BCUT2D eigenvalue weighted by molar-refractivity contribution is 5.97. The SMILES string of the molecule is [N-]=[N+]=NC1CCc2ccc(-c3ccccc3)cc2NC1=O. The van der Waals surface area contributed by atoms with Crippen molar-refractivity contribution >= 4 is 11.6 Å². The number of aryl methyl sites for hydroxylation is 1. The number of nitrogens with zero attached hydrogens (tertiary/aromatic N) is 3. The first kappa shape index (κ1) is 13.2. The van der Waals surface area contributed by atoms with Crippen LogP contribution in [0.2, 0.25) is 0 Å². The van der Waals surface area contributed by atoms with Gasteiger partial charge in [-0.25, -0.2) is 0 Å². The van der Waals surface area contributed by atoms with Crippen molar-refractivity contribution in [1.82, 2.24) is 0 Å². The maximum Gasteiger partial charge on any atom is 0.233 e. The topological polar surface area (TPSA) is 77.9 Å². The lowest BCUT2D eigenvalue weighted by Crippen LogP contribution is -2.24. The van der Waals surface area contributed by atoms with Crippen LogP contribution in [-0.4, -0.2) is 11.9 Å². The van der Waals surface area contributed by atoms with Gasteiger partial charge in [-0.2, -0.15) is 0 Å². The molecule has 0 bridgehead atoms. The summed E-state index contributed by atoms with van der Waals surface area (Å²) in [6.45, 7) is 0. The molecule has 0 aliphatic carbocycles. The Hall–Kier alpha value is -2.78. The van der Waals surface area contributed by atoms with Gasteiger partial charge in [0.25, 0.3) is 0 Å². The van der Waals surface area contributed by atoms with Crippen LogP contribution < -0.4 is 5.32 Å². The molecule has 1 aliphatic rings. The number of carbonyl (C=O) groups is 1. The molecule has 3 rings (SSSR count). The van der Waals surface area contributed by atoms with Gasteiger partial charge in [-0.15, -0.1) is 0 Å². The second-order valence-electron chi connectivity index (χ2n) is 4.99. The van der Waals surface area contributed by atoms with Crippen LogP contribution >= 0.6 is 0 Å². The van der Waals surface area contributed by atoms with Gasteiger partial charge in [-0.1, -0.05) is 47.6 Å². The van der Waals surface area contributed by atoms with E-state index < -0.39 is 6.04 Å². The molecule has 1 N–H and O–H groups in total. The minimum atomic E-state index is -0.637. The second kappa shape index (κ2) is 5.69. The highest BCUT2D eigenvalue weighted by atomic mass is 16.2. The summed E-state index contributed by atoms with van der Waals surface area (Å²) in [6, 6.07) is 15.4. The Labute approximate surface area is 122 Å². The monoisotopic (exact) mass is 278 g/mol. The van der Waals surface area contributed by atoms with Gasteiger partial charge in [-0.3, -0.25) is 4.79 Å². The van der Waals surface area contributed by atoms with E-state index in [9.17, 15) is 4.79 Å². The Morgan fingerprint density at radius 3 is 2.71 bits per heavy atom. The van der Waals surface area contributed by atoms with Crippen molar-refractivity contribution in [3.05, 3.63) is 64.5 Å². The molecular weight excluding hydrogens is 264 g/mol. The molecule has 1 unspecified atom stereocenters. The number of anilines is 1. The normalized spacial score (nSPS) is 17.1. The minimum Gasteiger partial charge on any atom is -0.325 e. The van der Waals surface area contributed by atoms with E-state index in [1.807, 2.05) is 48.5 Å². The van der Waals surface area contributed by atoms with Crippen molar-refractivity contribution in [2.75, 3.05) is 5.32 Å². The number of amides is 1. The molecule has 1 atom stereocenters. The largest absolute Gasteiger partial charge is 0.325 e. The smallest absolute Gasteiger partial charge is 0.233 e. The van der Waals surface area contributed by atoms with Crippen LogP contribution in [0.15, 0.2) is 53.6 Å². The highest BCUT2D eigenvalue weighted by Crippen LogP contribution is 2.29. The zero-order valence-electron chi connectivity index (χ0n) is 11.4. The van der Waals surface area contributed by atoms with Crippen LogP contribution in [0.25, 0.3) is 21.6 Å². The first-order valence-electron chi connectivity index (χ1n) is 6.81. The molecule has 21 heavy (non-hydrogen) atoms. The van der Waals surface area contributed by atoms with Gasteiger partial charge in [0.05, 0.1) is 0 Å². The lowest BCUT2D eigenvalue weighted by atomic mass is 10.0. The molecule has 1 amide bonds. The predicted molar refractivity (Wildman–Crippen MR) is 81.8 cm³/mol. The van der Waals surface area contributed by atoms with E-state index in [0.29, 0.717) is 12.8 Å². The molecule has 1 aliphatic heterocycles. The molecule has 0 spiro atoms. The minimum absolute atomic E-state index is 0.239. The molecular formula is C16H14N4O. The Bertz CT molecular complexity index is 720. The third kappa shape index (κ3) is 2.73. The molecule has 2 aromatic rings. The van der Waals surface area contributed by atoms with E-state index in [0.717, 1.165) is 22.4 Å². The van der Waals surface area contributed by atoms with Gasteiger partial charge in [0, 0.05) is 10.6 Å². The predicted octanol–water partition coefficient (Wildman–Crippen LogP) is 3.92. The summed E-state index contributed by atoms with van der Waals surface area (Å²) >= 11 is 0. The molecule has 0 radical (unpaired) electrons. The number of hydrogen-bond donors (Lipinski definition) is 1. The fourth-order valence-corrected chi connectivity index (χ4v) is 2.53. The van der Waals surface area contributed by atoms with Crippen LogP contribution in [0.4, 0.5) is 5.69 Å². The van der Waals surface area contributed by atoms with Gasteiger partial charge in [0.2, 0.25) is 5.91 Å². The van der Waals surface area contributed by atoms with Crippen molar-refractivity contribution in [3.63, 3.8) is 0 Å². The van der Waals surface area contributed by atoms with Crippen LogP contribution in [0.5, 0.6) is 0 Å². The molecule has 0 fully saturated rings. The van der Waals surface area contributed by atoms with Gasteiger partial charge in [-0.05, 0) is 41.1 Å². The van der Waals surface area contributed by atoms with Crippen LogP contribution in [0.1, 0.15) is 12.0 Å². The molecule has 5 nitrogen and oxygen atoms in total. The van der Waals surface area contributed by atoms with Crippen molar-refractivity contribution in [1.29, 1.82) is 0 Å². The lowest BCUT2D eigenvalue weighted by Gasteiger charge is -2.10. The van der Waals surface area contributed by atoms with E-state index in [1.165, 1.54) is 0 Å². The van der Waals surface area contributed by atoms with Crippen molar-refractivity contribution in [3.8, 4) is 11.1 Å². The Morgan fingerprint density at radius 1 is 1.14 bits per heavy atom. The first-order chi connectivity index (χ1) is 10.3. The standard InChI is InChI=1S/C16H14N4O/c17-20-19-14-9-8-12-6-7-13(10-15(12)18-16(14)21)11-4-2-1-3-5-11/h1-7,10,14H,8-9H2,(H,18,21). The fourth-order valence-electron chi connectivity index (χ4n) is 2.53. The summed E-state index contributed by atoms with van der Waals surface area (Å²) in [6.07, 6.45) is 1.25. The third-order valence-electron chi connectivity index (χ3n) is 3.66. The van der Waals surface area contributed by atoms with Crippen LogP contribution in [0, 0.1) is 0 Å². The number of nitrogens with one attached hydrogen (secondary N) is 1. The van der Waals surface area contributed by atoms with Gasteiger partial charge in [0.1, 0.15) is 6.04 Å². The van der Waals surface area contributed by atoms with Crippen molar-refractivity contribution in [2.24, 2.45) is 5.11 Å². The molecule has 104 valence electrons. The van der Waals surface area contributed by atoms with Gasteiger partial charge < -0.3 is 5.32 Å². The van der Waals surface area contributed by atoms with Crippen LogP contribution in [0.3, 0.4) is 0 Å². The van der Waals surface area contributed by atoms with Crippen molar-refractivity contribution in [2.45, 2.75) is 18.9 Å². The van der Waals surface area contributed by atoms with E-state index in [4.69, 9.17) is 5.53 Å². The summed E-state index contributed by atoms with van der Waals surface area (Å²) in [5, 5.41) is 6.42. The third-order valence-corrected chi connectivity index (χ3v) is 3.66. The molecule has 0 saturated carbocycles. The second-order valence-corrected chi connectivity index (χ2v) is 4.99. The zero-order valence-corrected chi connectivity index (χ0v) is 11.4. The number of azide groups is 1. The maximum atomic E-state index is 12.0. The zero-order chi connectivity index (χ0) is 14.7.